The molecule has 9 nitrogen and oxygen atoms in total. The van der Waals surface area contributed by atoms with Gasteiger partial charge in [0.25, 0.3) is 0 Å². The molecule has 0 amide bonds. The first-order valence-corrected chi connectivity index (χ1v) is 10.8. The number of rotatable bonds is 8. The molecule has 0 saturated heterocycles. The molecule has 0 saturated carbocycles. The van der Waals surface area contributed by atoms with Crippen LogP contribution in [-0.2, 0) is 18.2 Å². The summed E-state index contributed by atoms with van der Waals surface area (Å²) >= 11 is 0. The van der Waals surface area contributed by atoms with Gasteiger partial charge >= 0.3 is 15.2 Å². The summed E-state index contributed by atoms with van der Waals surface area (Å²) in [7, 11) is -4.42. The monoisotopic (exact) mass is 379 g/mol. The first-order chi connectivity index (χ1) is 10.3. The lowest BCUT2D eigenvalue weighted by Gasteiger charge is -2.45. The van der Waals surface area contributed by atoms with Gasteiger partial charge in [0.2, 0.25) is 0 Å². The summed E-state index contributed by atoms with van der Waals surface area (Å²) < 4.78 is 30.9. The summed E-state index contributed by atoms with van der Waals surface area (Å²) in [4.78, 5) is 19.9. The van der Waals surface area contributed by atoms with E-state index >= 15 is 0 Å². The van der Waals surface area contributed by atoms with Gasteiger partial charge in [0.15, 0.2) is 0 Å². The summed E-state index contributed by atoms with van der Waals surface area (Å²) in [5.41, 5.74) is 0. The lowest BCUT2D eigenvalue weighted by atomic mass is 10.1. The van der Waals surface area contributed by atoms with Crippen LogP contribution in [0.1, 0.15) is 40.5 Å². The third-order valence-electron chi connectivity index (χ3n) is 3.62. The Balaban J connectivity index is 0. The van der Waals surface area contributed by atoms with E-state index in [0.29, 0.717) is 0 Å². The van der Waals surface area contributed by atoms with Gasteiger partial charge in [-0.2, -0.15) is 0 Å². The lowest BCUT2D eigenvalue weighted by Crippen LogP contribution is -2.56. The third kappa shape index (κ3) is 7.30. The molecule has 0 aromatic carbocycles. The highest BCUT2D eigenvalue weighted by molar-refractivity contribution is 7.53. The van der Waals surface area contributed by atoms with Crippen molar-refractivity contribution in [1.29, 1.82) is 0 Å². The highest BCUT2D eigenvalue weighted by Gasteiger charge is 2.51. The summed E-state index contributed by atoms with van der Waals surface area (Å²) in [6, 6.07) is 0. The molecule has 11 heteroatoms. The van der Waals surface area contributed by atoms with Crippen molar-refractivity contribution in [2.24, 2.45) is 0 Å². The number of hydrogen-bond donors (Lipinski definition) is 4. The quantitative estimate of drug-likeness (QED) is 0.367. The first-order valence-electron chi connectivity index (χ1n) is 7.15. The van der Waals surface area contributed by atoms with Gasteiger partial charge in [-0.05, 0) is 26.7 Å². The minimum atomic E-state index is -4.46. The molecular weight excluding hydrogens is 348 g/mol. The smallest absolute Gasteiger partial charge is 0.345 e. The molecule has 0 rings (SSSR count). The first kappa shape index (κ1) is 25.4. The Morgan fingerprint density at radius 1 is 1.00 bits per heavy atom. The molecule has 0 heterocycles. The molecule has 0 aromatic heterocycles. The Labute approximate surface area is 138 Å². The SMILES string of the molecule is CCC(CC)(N(C(C)O)C(C)O)P(=O)(O)O.COP(C)(=O)OC. The summed E-state index contributed by atoms with van der Waals surface area (Å²) in [6.45, 7) is 7.42. The number of nitrogens with zero attached hydrogens (tertiary/aromatic N) is 1. The van der Waals surface area contributed by atoms with E-state index in [1.54, 1.807) is 13.8 Å². The van der Waals surface area contributed by atoms with Gasteiger partial charge in [0, 0.05) is 20.9 Å². The molecule has 0 aromatic rings. The Kier molecular flexibility index (Phi) is 11.3. The van der Waals surface area contributed by atoms with Crippen LogP contribution in [0.15, 0.2) is 0 Å². The molecule has 0 bridgehead atoms. The van der Waals surface area contributed by atoms with Crippen molar-refractivity contribution in [3.8, 4) is 0 Å². The van der Waals surface area contributed by atoms with Gasteiger partial charge in [-0.1, -0.05) is 13.8 Å². The summed E-state index contributed by atoms with van der Waals surface area (Å²) in [5, 5.41) is 17.6. The number of aliphatic hydroxyl groups is 2. The van der Waals surface area contributed by atoms with Crippen molar-refractivity contribution in [3.05, 3.63) is 0 Å². The molecule has 0 aliphatic rings. The Morgan fingerprint density at radius 2 is 1.30 bits per heavy atom. The van der Waals surface area contributed by atoms with E-state index in [9.17, 15) is 29.1 Å². The predicted octanol–water partition coefficient (Wildman–Crippen LogP) is 1.76. The second-order valence-electron chi connectivity index (χ2n) is 5.04. The maximum absolute atomic E-state index is 11.6. The van der Waals surface area contributed by atoms with Gasteiger partial charge in [-0.25, -0.2) is 4.90 Å². The van der Waals surface area contributed by atoms with E-state index in [-0.39, 0.29) is 12.8 Å². The second-order valence-corrected chi connectivity index (χ2v) is 9.23. The summed E-state index contributed by atoms with van der Waals surface area (Å²) in [5.74, 6) is 0. The van der Waals surface area contributed by atoms with Crippen LogP contribution < -0.4 is 0 Å². The van der Waals surface area contributed by atoms with Gasteiger partial charge < -0.3 is 29.0 Å². The molecular formula is C12H31NO8P2. The molecule has 23 heavy (non-hydrogen) atoms. The van der Waals surface area contributed by atoms with E-state index in [0.717, 1.165) is 4.90 Å². The van der Waals surface area contributed by atoms with Crippen molar-refractivity contribution >= 4 is 15.2 Å². The fourth-order valence-corrected chi connectivity index (χ4v) is 3.87. The second kappa shape index (κ2) is 10.2. The van der Waals surface area contributed by atoms with E-state index < -0.39 is 32.9 Å². The van der Waals surface area contributed by atoms with Crippen LogP contribution in [0.2, 0.25) is 0 Å². The zero-order valence-corrected chi connectivity index (χ0v) is 16.6. The molecule has 0 fully saturated rings. The molecule has 0 spiro atoms. The molecule has 0 radical (unpaired) electrons. The van der Waals surface area contributed by atoms with Crippen molar-refractivity contribution in [2.45, 2.75) is 58.3 Å². The van der Waals surface area contributed by atoms with Crippen LogP contribution in [0.25, 0.3) is 0 Å². The van der Waals surface area contributed by atoms with Gasteiger partial charge in [-0.15, -0.1) is 0 Å². The van der Waals surface area contributed by atoms with Gasteiger partial charge in [0.1, 0.15) is 17.7 Å². The highest BCUT2D eigenvalue weighted by atomic mass is 31.2. The fraction of sp³-hybridized carbons (Fsp3) is 1.00. The normalized spacial score (nSPS) is 15.8. The zero-order valence-electron chi connectivity index (χ0n) is 14.8. The molecule has 0 aliphatic carbocycles. The summed E-state index contributed by atoms with van der Waals surface area (Å²) in [6.07, 6.45) is -1.98. The average molecular weight is 379 g/mol. The predicted molar refractivity (Wildman–Crippen MR) is 88.1 cm³/mol. The average Bonchev–Trinajstić information content (AvgIpc) is 2.42. The molecule has 0 aliphatic heterocycles. The lowest BCUT2D eigenvalue weighted by molar-refractivity contribution is -0.129. The fourth-order valence-electron chi connectivity index (χ4n) is 2.26. The number of hydrogen-bond acceptors (Lipinski definition) is 7. The molecule has 2 atom stereocenters. The van der Waals surface area contributed by atoms with Crippen molar-refractivity contribution in [3.63, 3.8) is 0 Å². The minimum Gasteiger partial charge on any atom is -0.379 e. The van der Waals surface area contributed by atoms with Crippen LogP contribution >= 0.6 is 15.2 Å². The molecule has 142 valence electrons. The Morgan fingerprint density at radius 3 is 1.35 bits per heavy atom. The van der Waals surface area contributed by atoms with Crippen LogP contribution in [0.4, 0.5) is 0 Å². The van der Waals surface area contributed by atoms with Gasteiger partial charge in [0.05, 0.1) is 0 Å². The topological polar surface area (TPSA) is 137 Å². The van der Waals surface area contributed by atoms with Crippen LogP contribution in [-0.4, -0.2) is 63.5 Å². The molecule has 2 unspecified atom stereocenters. The Hall–Kier alpha value is 0.180. The minimum absolute atomic E-state index is 0.142. The zero-order chi connectivity index (χ0) is 19.1. The maximum atomic E-state index is 11.6. The standard InChI is InChI=1S/C9H22NO5P.C3H9O3P/c1-5-9(6-2,16(13,14)15)10(7(3)11)8(4)12;1-5-7(3,4)6-2/h7-8,11-12H,5-6H2,1-4H3,(H2,13,14,15);1-3H3. The largest absolute Gasteiger partial charge is 0.379 e. The van der Waals surface area contributed by atoms with E-state index in [4.69, 9.17) is 0 Å². The van der Waals surface area contributed by atoms with Crippen LogP contribution in [0, 0.1) is 0 Å². The molecule has 4 N–H and O–H groups in total. The van der Waals surface area contributed by atoms with E-state index in [1.807, 2.05) is 0 Å². The number of aliphatic hydroxyl groups excluding tert-OH is 2. The van der Waals surface area contributed by atoms with Crippen molar-refractivity contribution in [2.75, 3.05) is 20.9 Å². The highest BCUT2D eigenvalue weighted by Crippen LogP contribution is 2.57. The van der Waals surface area contributed by atoms with E-state index in [2.05, 4.69) is 9.05 Å². The Bertz CT molecular complexity index is 403. The van der Waals surface area contributed by atoms with Crippen LogP contribution in [0.5, 0.6) is 0 Å². The van der Waals surface area contributed by atoms with Crippen molar-refractivity contribution < 1.29 is 38.2 Å². The third-order valence-corrected chi connectivity index (χ3v) is 6.90. The van der Waals surface area contributed by atoms with Crippen LogP contribution in [0.3, 0.4) is 0 Å². The maximum Gasteiger partial charge on any atom is 0.345 e. The van der Waals surface area contributed by atoms with Gasteiger partial charge in [-0.3, -0.25) is 9.13 Å². The van der Waals surface area contributed by atoms with Crippen molar-refractivity contribution in [1.82, 2.24) is 4.90 Å². The van der Waals surface area contributed by atoms with E-state index in [1.165, 1.54) is 34.7 Å².